The molecule has 0 radical (unpaired) electrons. The molecule has 1 fully saturated rings. The second-order valence-electron chi connectivity index (χ2n) is 8.25. The number of nitrogen functional groups attached to an aromatic ring is 1. The lowest BCUT2D eigenvalue weighted by molar-refractivity contribution is 0.0913. The van der Waals surface area contributed by atoms with Crippen LogP contribution in [0.1, 0.15) is 56.0 Å². The normalized spacial score (nSPS) is 14.7. The van der Waals surface area contributed by atoms with Gasteiger partial charge in [0, 0.05) is 6.54 Å². The van der Waals surface area contributed by atoms with E-state index in [0.29, 0.717) is 0 Å². The van der Waals surface area contributed by atoms with Gasteiger partial charge in [0.05, 0.1) is 19.2 Å². The van der Waals surface area contributed by atoms with Crippen molar-refractivity contribution in [1.29, 1.82) is 0 Å². The zero-order valence-electron chi connectivity index (χ0n) is 18.6. The highest BCUT2D eigenvalue weighted by Crippen LogP contribution is 2.16. The van der Waals surface area contributed by atoms with Gasteiger partial charge >= 0.3 is 5.69 Å². The van der Waals surface area contributed by atoms with Crippen LogP contribution in [0.4, 0.5) is 5.82 Å². The van der Waals surface area contributed by atoms with Crippen LogP contribution in [0.25, 0.3) is 0 Å². The molecule has 0 spiro atoms. The molecule has 1 aliphatic rings. The summed E-state index contributed by atoms with van der Waals surface area (Å²) >= 11 is 0. The number of hydrogen-bond donors (Lipinski definition) is 1. The molecule has 3 rings (SSSR count). The number of ketones is 1. The second-order valence-corrected chi connectivity index (χ2v) is 8.25. The maximum Gasteiger partial charge on any atom is 0.332 e. The second kappa shape index (κ2) is 9.96. The Morgan fingerprint density at radius 3 is 2.29 bits per heavy atom. The van der Waals surface area contributed by atoms with Gasteiger partial charge in [-0.3, -0.25) is 23.6 Å². The molecule has 1 aliphatic heterocycles. The Bertz CT molecular complexity index is 1030. The van der Waals surface area contributed by atoms with E-state index in [-0.39, 0.29) is 42.9 Å². The molecule has 0 aliphatic carbocycles. The van der Waals surface area contributed by atoms with E-state index in [4.69, 9.17) is 10.5 Å². The molecule has 0 atom stereocenters. The molecule has 2 aromatic rings. The molecule has 1 aromatic carbocycles. The van der Waals surface area contributed by atoms with Gasteiger partial charge in [0.2, 0.25) is 0 Å². The quantitative estimate of drug-likeness (QED) is 0.647. The number of nitrogens with zero attached hydrogens (tertiary/aromatic N) is 3. The Labute approximate surface area is 182 Å². The highest BCUT2D eigenvalue weighted by molar-refractivity contribution is 6.01. The van der Waals surface area contributed by atoms with E-state index in [0.717, 1.165) is 48.2 Å². The van der Waals surface area contributed by atoms with E-state index < -0.39 is 11.2 Å². The van der Waals surface area contributed by atoms with Gasteiger partial charge in [-0.2, -0.15) is 0 Å². The first kappa shape index (κ1) is 22.8. The molecule has 0 unspecified atom stereocenters. The third kappa shape index (κ3) is 5.25. The summed E-state index contributed by atoms with van der Waals surface area (Å²) in [4.78, 5) is 40.9. The smallest absolute Gasteiger partial charge is 0.332 e. The number of benzene rings is 1. The first-order valence-corrected chi connectivity index (χ1v) is 11.0. The van der Waals surface area contributed by atoms with Crippen molar-refractivity contribution in [3.05, 3.63) is 56.2 Å². The molecule has 1 saturated heterocycles. The summed E-state index contributed by atoms with van der Waals surface area (Å²) in [6.45, 7) is 7.74. The monoisotopic (exact) mass is 428 g/mol. The Morgan fingerprint density at radius 1 is 1.06 bits per heavy atom. The van der Waals surface area contributed by atoms with Gasteiger partial charge in [-0.05, 0) is 64.4 Å². The largest absolute Gasteiger partial charge is 0.491 e. The summed E-state index contributed by atoms with van der Waals surface area (Å²) < 4.78 is 8.05. The first-order valence-electron chi connectivity index (χ1n) is 11.0. The molecule has 2 heterocycles. The number of carbonyl (C=O) groups is 1. The van der Waals surface area contributed by atoms with Crippen LogP contribution in [0.2, 0.25) is 0 Å². The van der Waals surface area contributed by atoms with Crippen LogP contribution in [0, 0.1) is 0 Å². The zero-order valence-corrected chi connectivity index (χ0v) is 18.6. The number of likely N-dealkylation sites (tertiary alicyclic amines) is 1. The number of carbonyl (C=O) groups excluding carboxylic acids is 1. The molecular weight excluding hydrogens is 396 g/mol. The number of nitrogens with two attached hydrogens (primary N) is 1. The van der Waals surface area contributed by atoms with Crippen LogP contribution in [0.5, 0.6) is 5.75 Å². The van der Waals surface area contributed by atoms with Gasteiger partial charge in [-0.1, -0.05) is 18.6 Å². The zero-order chi connectivity index (χ0) is 22.5. The lowest BCUT2D eigenvalue weighted by atomic mass is 10.1. The summed E-state index contributed by atoms with van der Waals surface area (Å²) in [6.07, 6.45) is 3.29. The van der Waals surface area contributed by atoms with Crippen LogP contribution in [-0.2, 0) is 13.1 Å². The summed E-state index contributed by atoms with van der Waals surface area (Å²) in [5.41, 5.74) is 5.85. The fourth-order valence-corrected chi connectivity index (χ4v) is 3.94. The van der Waals surface area contributed by atoms with E-state index in [1.807, 2.05) is 43.0 Å². The van der Waals surface area contributed by atoms with Crippen molar-refractivity contribution < 1.29 is 9.53 Å². The van der Waals surface area contributed by atoms with Crippen molar-refractivity contribution in [2.45, 2.75) is 59.2 Å². The molecule has 0 saturated carbocycles. The third-order valence-electron chi connectivity index (χ3n) is 5.51. The van der Waals surface area contributed by atoms with Crippen molar-refractivity contribution in [1.82, 2.24) is 14.0 Å². The summed E-state index contributed by atoms with van der Waals surface area (Å²) in [5, 5.41) is 0. The van der Waals surface area contributed by atoms with E-state index in [1.165, 1.54) is 4.57 Å². The van der Waals surface area contributed by atoms with Crippen LogP contribution >= 0.6 is 0 Å². The molecule has 0 bridgehead atoms. The van der Waals surface area contributed by atoms with Crippen LogP contribution < -0.4 is 21.7 Å². The van der Waals surface area contributed by atoms with Crippen LogP contribution in [0.15, 0.2) is 33.9 Å². The Balaban J connectivity index is 1.94. The van der Waals surface area contributed by atoms with Gasteiger partial charge in [-0.15, -0.1) is 0 Å². The highest BCUT2D eigenvalue weighted by Gasteiger charge is 2.24. The predicted molar refractivity (Wildman–Crippen MR) is 121 cm³/mol. The first-order chi connectivity index (χ1) is 14.8. The Morgan fingerprint density at radius 2 is 1.71 bits per heavy atom. The van der Waals surface area contributed by atoms with E-state index in [2.05, 4.69) is 0 Å². The average Bonchev–Trinajstić information content (AvgIpc) is 2.73. The van der Waals surface area contributed by atoms with Crippen molar-refractivity contribution in [3.8, 4) is 5.75 Å². The van der Waals surface area contributed by atoms with Crippen LogP contribution in [0.3, 0.4) is 0 Å². The fraction of sp³-hybridized carbons (Fsp3) is 0.522. The minimum atomic E-state index is -0.607. The number of hydrogen-bond acceptors (Lipinski definition) is 6. The molecule has 8 heteroatoms. The number of aromatic nitrogens is 2. The number of Topliss-reactive ketones (excluding diaryl/α,β-unsaturated/α-hetero) is 1. The van der Waals surface area contributed by atoms with E-state index in [9.17, 15) is 14.4 Å². The maximum atomic E-state index is 13.0. The number of anilines is 1. The molecule has 2 N–H and O–H groups in total. The summed E-state index contributed by atoms with van der Waals surface area (Å²) in [6, 6.07) is 7.35. The Kier molecular flexibility index (Phi) is 7.33. The standard InChI is InChI=1S/C23H32N4O4/c1-4-26-22(29)20(19(28)15-25-12-6-5-7-13-25)21(24)27(23(26)30)14-17-8-10-18(11-9-17)31-16(2)3/h8-11,16H,4-7,12-15,24H2,1-3H3. The lowest BCUT2D eigenvalue weighted by Crippen LogP contribution is -2.45. The molecule has 0 amide bonds. The van der Waals surface area contributed by atoms with Gasteiger partial charge in [-0.25, -0.2) is 4.79 Å². The van der Waals surface area contributed by atoms with Gasteiger partial charge in [0.15, 0.2) is 5.78 Å². The third-order valence-corrected chi connectivity index (χ3v) is 5.51. The molecule has 31 heavy (non-hydrogen) atoms. The SMILES string of the molecule is CCn1c(=O)c(C(=O)CN2CCCCC2)c(N)n(Cc2ccc(OC(C)C)cc2)c1=O. The summed E-state index contributed by atoms with van der Waals surface area (Å²) in [5.74, 6) is 0.334. The topological polar surface area (TPSA) is 99.6 Å². The Hall–Kier alpha value is -2.87. The minimum absolute atomic E-state index is 0.0608. The van der Waals surface area contributed by atoms with Crippen molar-refractivity contribution in [2.24, 2.45) is 0 Å². The van der Waals surface area contributed by atoms with Crippen molar-refractivity contribution in [2.75, 3.05) is 25.4 Å². The lowest BCUT2D eigenvalue weighted by Gasteiger charge is -2.26. The highest BCUT2D eigenvalue weighted by atomic mass is 16.5. The van der Waals surface area contributed by atoms with Crippen molar-refractivity contribution >= 4 is 11.6 Å². The number of rotatable bonds is 8. The fourth-order valence-electron chi connectivity index (χ4n) is 3.94. The average molecular weight is 429 g/mol. The number of ether oxygens (including phenoxy) is 1. The molecular formula is C23H32N4O4. The molecule has 168 valence electrons. The van der Waals surface area contributed by atoms with E-state index in [1.54, 1.807) is 6.92 Å². The van der Waals surface area contributed by atoms with Gasteiger partial charge in [0.1, 0.15) is 17.1 Å². The van der Waals surface area contributed by atoms with Gasteiger partial charge < -0.3 is 10.5 Å². The van der Waals surface area contributed by atoms with Crippen molar-refractivity contribution in [3.63, 3.8) is 0 Å². The minimum Gasteiger partial charge on any atom is -0.491 e. The number of piperidine rings is 1. The molecule has 8 nitrogen and oxygen atoms in total. The van der Waals surface area contributed by atoms with Crippen LogP contribution in [-0.4, -0.2) is 45.6 Å². The summed E-state index contributed by atoms with van der Waals surface area (Å²) in [7, 11) is 0. The predicted octanol–water partition coefficient (Wildman–Crippen LogP) is 2.12. The van der Waals surface area contributed by atoms with E-state index >= 15 is 0 Å². The maximum absolute atomic E-state index is 13.0. The molecule has 1 aromatic heterocycles. The van der Waals surface area contributed by atoms with Gasteiger partial charge in [0.25, 0.3) is 5.56 Å².